The lowest BCUT2D eigenvalue weighted by molar-refractivity contribution is 0.357. The lowest BCUT2D eigenvalue weighted by Crippen LogP contribution is -2.35. The Labute approximate surface area is 76.9 Å². The van der Waals surface area contributed by atoms with E-state index in [9.17, 15) is 0 Å². The van der Waals surface area contributed by atoms with Crippen LogP contribution in [0.25, 0.3) is 0 Å². The predicted octanol–water partition coefficient (Wildman–Crippen LogP) is 0.393. The molecule has 11 heavy (non-hydrogen) atoms. The molecule has 1 nitrogen and oxygen atoms in total. The Kier molecular flexibility index (Phi) is 7.32. The van der Waals surface area contributed by atoms with Crippen LogP contribution in [-0.4, -0.2) is 37.1 Å². The SMILES string of the molecule is CCC(C)N(CC)[SiH2]CC[SiH3]. The van der Waals surface area contributed by atoms with Crippen molar-refractivity contribution < 1.29 is 0 Å². The molecule has 0 radical (unpaired) electrons. The smallest absolute Gasteiger partial charge is 0.0950 e. The van der Waals surface area contributed by atoms with Gasteiger partial charge in [-0.25, -0.2) is 0 Å². The molecule has 0 N–H and O–H groups in total. The molecule has 0 bridgehead atoms. The van der Waals surface area contributed by atoms with Crippen LogP contribution < -0.4 is 0 Å². The Hall–Kier alpha value is 0.394. The second-order valence-corrected chi connectivity index (χ2v) is 6.21. The Morgan fingerprint density at radius 2 is 2.09 bits per heavy atom. The van der Waals surface area contributed by atoms with E-state index in [1.165, 1.54) is 29.3 Å². The maximum atomic E-state index is 2.72. The highest BCUT2D eigenvalue weighted by atomic mass is 28.2. The van der Waals surface area contributed by atoms with Crippen LogP contribution in [0.4, 0.5) is 0 Å². The summed E-state index contributed by atoms with van der Waals surface area (Å²) < 4.78 is 2.72. The molecule has 0 aromatic carbocycles. The van der Waals surface area contributed by atoms with E-state index < -0.39 is 0 Å². The van der Waals surface area contributed by atoms with Gasteiger partial charge in [-0.3, -0.25) is 0 Å². The molecule has 3 heteroatoms. The van der Waals surface area contributed by atoms with Crippen molar-refractivity contribution in [2.45, 2.75) is 45.3 Å². The first kappa shape index (κ1) is 11.4. The first-order valence-corrected chi connectivity index (χ1v) is 8.04. The average Bonchev–Trinajstić information content (AvgIpc) is 2.05. The van der Waals surface area contributed by atoms with E-state index in [1.54, 1.807) is 6.04 Å². The van der Waals surface area contributed by atoms with Crippen LogP contribution in [0.2, 0.25) is 12.1 Å². The van der Waals surface area contributed by atoms with Crippen LogP contribution in [0.3, 0.4) is 0 Å². The van der Waals surface area contributed by atoms with Gasteiger partial charge in [-0.05, 0) is 19.0 Å². The summed E-state index contributed by atoms with van der Waals surface area (Å²) in [6.45, 7) is 8.24. The summed E-state index contributed by atoms with van der Waals surface area (Å²) in [7, 11) is 1.54. The molecule has 0 fully saturated rings. The van der Waals surface area contributed by atoms with E-state index >= 15 is 0 Å². The normalized spacial score (nSPS) is 15.3. The topological polar surface area (TPSA) is 3.24 Å². The van der Waals surface area contributed by atoms with Gasteiger partial charge in [-0.15, -0.1) is 0 Å². The maximum Gasteiger partial charge on any atom is 0.0950 e. The fourth-order valence-corrected chi connectivity index (χ4v) is 4.00. The first-order valence-electron chi connectivity index (χ1n) is 5.00. The molecular formula is C8H23NSi2. The van der Waals surface area contributed by atoms with Crippen LogP contribution in [0.15, 0.2) is 0 Å². The van der Waals surface area contributed by atoms with Gasteiger partial charge in [0, 0.05) is 10.2 Å². The van der Waals surface area contributed by atoms with Gasteiger partial charge in [0.2, 0.25) is 0 Å². The molecule has 0 heterocycles. The highest BCUT2D eigenvalue weighted by molar-refractivity contribution is 6.34. The summed E-state index contributed by atoms with van der Waals surface area (Å²) in [5, 5.41) is 0. The van der Waals surface area contributed by atoms with Gasteiger partial charge in [-0.1, -0.05) is 32.9 Å². The summed E-state index contributed by atoms with van der Waals surface area (Å²) in [6.07, 6.45) is 1.32. The molecule has 0 aliphatic heterocycles. The molecule has 0 aliphatic carbocycles. The van der Waals surface area contributed by atoms with E-state index in [1.807, 2.05) is 0 Å². The second-order valence-electron chi connectivity index (χ2n) is 3.24. The van der Waals surface area contributed by atoms with Crippen molar-refractivity contribution in [2.24, 2.45) is 0 Å². The summed E-state index contributed by atoms with van der Waals surface area (Å²) in [5.41, 5.74) is 0. The number of rotatable bonds is 6. The lowest BCUT2D eigenvalue weighted by Gasteiger charge is -2.26. The van der Waals surface area contributed by atoms with E-state index in [-0.39, 0.29) is 9.68 Å². The van der Waals surface area contributed by atoms with Crippen molar-refractivity contribution in [1.29, 1.82) is 0 Å². The Morgan fingerprint density at radius 3 is 2.45 bits per heavy atom. The second kappa shape index (κ2) is 7.07. The number of hydrogen-bond acceptors (Lipinski definition) is 1. The summed E-state index contributed by atoms with van der Waals surface area (Å²) in [5.74, 6) is 0. The van der Waals surface area contributed by atoms with E-state index in [4.69, 9.17) is 0 Å². The van der Waals surface area contributed by atoms with Gasteiger partial charge in [-0.2, -0.15) is 0 Å². The lowest BCUT2D eigenvalue weighted by atomic mass is 10.3. The van der Waals surface area contributed by atoms with E-state index in [0.29, 0.717) is 0 Å². The van der Waals surface area contributed by atoms with Crippen molar-refractivity contribution in [2.75, 3.05) is 6.54 Å². The standard InChI is InChI=1S/C8H23NSi2/c1-4-8(3)9(5-2)11-7-6-10/h8H,4-7,11H2,1-3,10H3. The number of nitrogens with zero attached hydrogens (tertiary/aromatic N) is 1. The molecule has 0 aromatic heterocycles. The molecule has 1 atom stereocenters. The molecule has 68 valence electrons. The molecule has 0 amide bonds. The van der Waals surface area contributed by atoms with E-state index in [2.05, 4.69) is 25.3 Å². The third-order valence-corrected chi connectivity index (χ3v) is 7.21. The van der Waals surface area contributed by atoms with Crippen LogP contribution in [-0.2, 0) is 0 Å². The minimum absolute atomic E-state index is 0.135. The molecule has 0 aromatic rings. The van der Waals surface area contributed by atoms with Crippen molar-refractivity contribution >= 4 is 19.9 Å². The monoisotopic (exact) mass is 189 g/mol. The zero-order valence-electron chi connectivity index (χ0n) is 8.56. The zero-order chi connectivity index (χ0) is 8.69. The molecule has 0 spiro atoms. The quantitative estimate of drug-likeness (QED) is 0.547. The van der Waals surface area contributed by atoms with Crippen LogP contribution in [0.5, 0.6) is 0 Å². The molecule has 0 rings (SSSR count). The molecule has 0 saturated heterocycles. The van der Waals surface area contributed by atoms with Gasteiger partial charge in [0.05, 0.1) is 9.68 Å². The number of hydrogen-bond donors (Lipinski definition) is 0. The predicted molar refractivity (Wildman–Crippen MR) is 60.2 cm³/mol. The van der Waals surface area contributed by atoms with Gasteiger partial charge in [0.25, 0.3) is 0 Å². The van der Waals surface area contributed by atoms with Gasteiger partial charge in [0.15, 0.2) is 0 Å². The molecule has 0 aliphatic rings. The highest BCUT2D eigenvalue weighted by Gasteiger charge is 2.07. The Bertz CT molecular complexity index is 88.2. The minimum Gasteiger partial charge on any atom is -0.327 e. The fourth-order valence-electron chi connectivity index (χ4n) is 1.31. The Morgan fingerprint density at radius 1 is 1.45 bits per heavy atom. The first-order chi connectivity index (χ1) is 5.26. The summed E-state index contributed by atoms with van der Waals surface area (Å²) in [6, 6.07) is 3.91. The van der Waals surface area contributed by atoms with Gasteiger partial charge in [0.1, 0.15) is 0 Å². The molecular weight excluding hydrogens is 166 g/mol. The Balaban J connectivity index is 3.56. The van der Waals surface area contributed by atoms with Crippen molar-refractivity contribution in [1.82, 2.24) is 4.57 Å². The summed E-state index contributed by atoms with van der Waals surface area (Å²) >= 11 is 0. The summed E-state index contributed by atoms with van der Waals surface area (Å²) in [4.78, 5) is 0. The fraction of sp³-hybridized carbons (Fsp3) is 1.00. The largest absolute Gasteiger partial charge is 0.327 e. The van der Waals surface area contributed by atoms with Crippen LogP contribution >= 0.6 is 0 Å². The van der Waals surface area contributed by atoms with E-state index in [0.717, 1.165) is 6.04 Å². The molecule has 0 saturated carbocycles. The van der Waals surface area contributed by atoms with Crippen molar-refractivity contribution in [3.8, 4) is 0 Å². The van der Waals surface area contributed by atoms with Crippen LogP contribution in [0, 0.1) is 0 Å². The highest BCUT2D eigenvalue weighted by Crippen LogP contribution is 2.02. The van der Waals surface area contributed by atoms with Gasteiger partial charge >= 0.3 is 0 Å². The minimum atomic E-state index is 0.135. The van der Waals surface area contributed by atoms with Gasteiger partial charge < -0.3 is 4.57 Å². The van der Waals surface area contributed by atoms with Crippen molar-refractivity contribution in [3.05, 3.63) is 0 Å². The average molecular weight is 189 g/mol. The third kappa shape index (κ3) is 4.77. The maximum absolute atomic E-state index is 2.72. The third-order valence-electron chi connectivity index (χ3n) is 2.42. The van der Waals surface area contributed by atoms with Crippen LogP contribution in [0.1, 0.15) is 27.2 Å². The van der Waals surface area contributed by atoms with Crippen molar-refractivity contribution in [3.63, 3.8) is 0 Å². The molecule has 1 unspecified atom stereocenters. The zero-order valence-corrected chi connectivity index (χ0v) is 12.0.